The first-order chi connectivity index (χ1) is 12.8. The minimum atomic E-state index is -0.655. The van der Waals surface area contributed by atoms with Crippen molar-refractivity contribution in [3.05, 3.63) is 77.7 Å². The predicted octanol–water partition coefficient (Wildman–Crippen LogP) is 5.25. The fourth-order valence-corrected chi connectivity index (χ4v) is 3.59. The second-order valence-electron chi connectivity index (χ2n) is 5.29. The summed E-state index contributed by atoms with van der Waals surface area (Å²) >= 11 is 18.9. The van der Waals surface area contributed by atoms with E-state index in [0.717, 1.165) is 11.6 Å². The van der Waals surface area contributed by atoms with Gasteiger partial charge in [-0.25, -0.2) is 0 Å². The average Bonchev–Trinajstić information content (AvgIpc) is 3.04. The Balaban J connectivity index is 1.73. The third-order valence-corrected chi connectivity index (χ3v) is 5.19. The summed E-state index contributed by atoms with van der Waals surface area (Å²) in [6.07, 6.45) is 0.427. The highest BCUT2D eigenvalue weighted by Gasteiger charge is 2.17. The Morgan fingerprint density at radius 1 is 1.11 bits per heavy atom. The van der Waals surface area contributed by atoms with Crippen molar-refractivity contribution in [2.45, 2.75) is 6.42 Å². The number of hydrogen-bond acceptors (Lipinski definition) is 6. The van der Waals surface area contributed by atoms with Gasteiger partial charge in [-0.05, 0) is 29.8 Å². The van der Waals surface area contributed by atoms with Crippen molar-refractivity contribution >= 4 is 62.9 Å². The van der Waals surface area contributed by atoms with Gasteiger partial charge in [-0.2, -0.15) is 0 Å². The minimum absolute atomic E-state index is 0.0467. The smallest absolute Gasteiger partial charge is 0.288 e. The number of nitro benzene ring substituents is 1. The molecule has 27 heavy (non-hydrogen) atoms. The number of amides is 1. The Morgan fingerprint density at radius 3 is 2.59 bits per heavy atom. The number of carbonyl (C=O) groups is 1. The molecule has 1 amide bonds. The summed E-state index contributed by atoms with van der Waals surface area (Å²) in [5.41, 5.74) is 0.562. The number of halogens is 3. The zero-order chi connectivity index (χ0) is 19.6. The van der Waals surface area contributed by atoms with Crippen LogP contribution in [0.25, 0.3) is 0 Å². The monoisotopic (exact) mass is 442 g/mol. The third kappa shape index (κ3) is 4.72. The highest BCUT2D eigenvalue weighted by Crippen LogP contribution is 2.27. The van der Waals surface area contributed by atoms with Crippen molar-refractivity contribution in [3.63, 3.8) is 0 Å². The lowest BCUT2D eigenvalue weighted by molar-refractivity contribution is -0.384. The molecule has 0 spiro atoms. The molecule has 0 bridgehead atoms. The largest absolute Gasteiger partial charge is 0.296 e. The summed E-state index contributed by atoms with van der Waals surface area (Å²) in [5, 5.41) is 23.3. The Kier molecular flexibility index (Phi) is 5.91. The molecule has 7 nitrogen and oxygen atoms in total. The second-order valence-corrected chi connectivity index (χ2v) is 7.60. The van der Waals surface area contributed by atoms with Gasteiger partial charge in [0.1, 0.15) is 10.0 Å². The molecule has 0 saturated heterocycles. The van der Waals surface area contributed by atoms with Crippen molar-refractivity contribution in [1.29, 1.82) is 0 Å². The van der Waals surface area contributed by atoms with E-state index < -0.39 is 10.8 Å². The molecule has 3 rings (SSSR count). The minimum Gasteiger partial charge on any atom is -0.296 e. The molecule has 138 valence electrons. The fraction of sp³-hybridized carbons (Fsp3) is 0.0625. The molecular formula is C16H9Cl3N4O3S. The van der Waals surface area contributed by atoms with E-state index in [1.807, 2.05) is 0 Å². The quantitative estimate of drug-likeness (QED) is 0.429. The van der Waals surface area contributed by atoms with Crippen LogP contribution in [-0.2, 0) is 6.42 Å². The number of benzene rings is 2. The molecule has 3 aromatic rings. The van der Waals surface area contributed by atoms with Crippen molar-refractivity contribution in [2.24, 2.45) is 0 Å². The summed E-state index contributed by atoms with van der Waals surface area (Å²) in [6, 6.07) is 8.93. The van der Waals surface area contributed by atoms with Crippen LogP contribution in [0.4, 0.5) is 10.8 Å². The summed E-state index contributed by atoms with van der Waals surface area (Å²) in [6.45, 7) is 0. The maximum atomic E-state index is 12.3. The van der Waals surface area contributed by atoms with Gasteiger partial charge >= 0.3 is 0 Å². The molecular weight excluding hydrogens is 435 g/mol. The number of hydrogen-bond donors (Lipinski definition) is 1. The number of nitro groups is 1. The van der Waals surface area contributed by atoms with Gasteiger partial charge in [0.05, 0.1) is 4.92 Å². The number of nitrogens with one attached hydrogen (secondary N) is 1. The molecule has 2 aromatic carbocycles. The fourth-order valence-electron chi connectivity index (χ4n) is 2.17. The van der Waals surface area contributed by atoms with Gasteiger partial charge in [-0.15, -0.1) is 10.2 Å². The van der Waals surface area contributed by atoms with Gasteiger partial charge in [-0.1, -0.05) is 52.2 Å². The zero-order valence-electron chi connectivity index (χ0n) is 13.3. The highest BCUT2D eigenvalue weighted by molar-refractivity contribution is 7.15. The first-order valence-electron chi connectivity index (χ1n) is 7.35. The molecule has 1 heterocycles. The second kappa shape index (κ2) is 8.18. The van der Waals surface area contributed by atoms with Gasteiger partial charge in [0.25, 0.3) is 11.6 Å². The van der Waals surface area contributed by atoms with Crippen molar-refractivity contribution in [2.75, 3.05) is 5.32 Å². The number of rotatable bonds is 5. The van der Waals surface area contributed by atoms with Crippen molar-refractivity contribution in [1.82, 2.24) is 10.2 Å². The van der Waals surface area contributed by atoms with Crippen LogP contribution in [-0.4, -0.2) is 21.0 Å². The first kappa shape index (κ1) is 19.5. The van der Waals surface area contributed by atoms with E-state index in [2.05, 4.69) is 15.5 Å². The SMILES string of the molecule is O=C(Nc1nnc(Cc2ccc(Cl)cc2Cl)s1)c1ccc(Cl)c([N+](=O)[O-])c1. The van der Waals surface area contributed by atoms with Crippen LogP contribution in [0, 0.1) is 10.1 Å². The Bertz CT molecular complexity index is 1040. The molecule has 0 aliphatic rings. The molecule has 0 aliphatic carbocycles. The molecule has 0 fully saturated rings. The lowest BCUT2D eigenvalue weighted by Crippen LogP contribution is -2.12. The standard InChI is InChI=1S/C16H9Cl3N4O3S/c17-10-3-1-8(12(19)7-10)6-14-21-22-16(27-14)20-15(24)9-2-4-11(18)13(5-9)23(25)26/h1-5,7H,6H2,(H,20,22,24). The molecule has 11 heteroatoms. The molecule has 0 aliphatic heterocycles. The van der Waals surface area contributed by atoms with Crippen LogP contribution in [0.3, 0.4) is 0 Å². The van der Waals surface area contributed by atoms with Gasteiger partial charge in [0.15, 0.2) is 0 Å². The summed E-state index contributed by atoms with van der Waals surface area (Å²) in [4.78, 5) is 22.6. The van der Waals surface area contributed by atoms with E-state index in [-0.39, 0.29) is 21.4 Å². The molecule has 0 atom stereocenters. The van der Waals surface area contributed by atoms with Gasteiger partial charge in [-0.3, -0.25) is 20.2 Å². The van der Waals surface area contributed by atoms with Crippen LogP contribution in [0.5, 0.6) is 0 Å². The predicted molar refractivity (Wildman–Crippen MR) is 105 cm³/mol. The van der Waals surface area contributed by atoms with E-state index in [0.29, 0.717) is 21.5 Å². The Labute approximate surface area is 172 Å². The van der Waals surface area contributed by atoms with Crippen LogP contribution in [0.1, 0.15) is 20.9 Å². The molecule has 0 radical (unpaired) electrons. The average molecular weight is 444 g/mol. The lowest BCUT2D eigenvalue weighted by Gasteiger charge is -2.02. The molecule has 1 aromatic heterocycles. The van der Waals surface area contributed by atoms with Gasteiger partial charge in [0, 0.05) is 28.1 Å². The van der Waals surface area contributed by atoms with Crippen molar-refractivity contribution < 1.29 is 9.72 Å². The third-order valence-electron chi connectivity index (χ3n) is 3.45. The summed E-state index contributed by atoms with van der Waals surface area (Å²) < 4.78 is 0. The number of aromatic nitrogens is 2. The van der Waals surface area contributed by atoms with Gasteiger partial charge < -0.3 is 0 Å². The molecule has 1 N–H and O–H groups in total. The van der Waals surface area contributed by atoms with E-state index in [9.17, 15) is 14.9 Å². The maximum Gasteiger partial charge on any atom is 0.288 e. The van der Waals surface area contributed by atoms with Crippen LogP contribution < -0.4 is 5.32 Å². The first-order valence-corrected chi connectivity index (χ1v) is 9.30. The van der Waals surface area contributed by atoms with Crippen LogP contribution >= 0.6 is 46.1 Å². The van der Waals surface area contributed by atoms with Crippen LogP contribution in [0.2, 0.25) is 15.1 Å². The van der Waals surface area contributed by atoms with E-state index in [4.69, 9.17) is 34.8 Å². The Hall–Kier alpha value is -2.26. The number of nitrogens with zero attached hydrogens (tertiary/aromatic N) is 3. The van der Waals surface area contributed by atoms with E-state index >= 15 is 0 Å². The maximum absolute atomic E-state index is 12.3. The number of anilines is 1. The van der Waals surface area contributed by atoms with Gasteiger partial charge in [0.2, 0.25) is 5.13 Å². The lowest BCUT2D eigenvalue weighted by atomic mass is 10.2. The zero-order valence-corrected chi connectivity index (χ0v) is 16.4. The van der Waals surface area contributed by atoms with Crippen LogP contribution in [0.15, 0.2) is 36.4 Å². The summed E-state index contributed by atoms with van der Waals surface area (Å²) in [5.74, 6) is -0.554. The molecule has 0 unspecified atom stereocenters. The van der Waals surface area contributed by atoms with Crippen molar-refractivity contribution in [3.8, 4) is 0 Å². The normalized spacial score (nSPS) is 10.6. The summed E-state index contributed by atoms with van der Waals surface area (Å²) in [7, 11) is 0. The number of carbonyl (C=O) groups excluding carboxylic acids is 1. The van der Waals surface area contributed by atoms with E-state index in [1.54, 1.807) is 18.2 Å². The Morgan fingerprint density at radius 2 is 1.89 bits per heavy atom. The van der Waals surface area contributed by atoms with E-state index in [1.165, 1.54) is 23.5 Å². The molecule has 0 saturated carbocycles. The highest BCUT2D eigenvalue weighted by atomic mass is 35.5. The topological polar surface area (TPSA) is 98.0 Å².